The zero-order valence-corrected chi connectivity index (χ0v) is 14.0. The average molecular weight is 241 g/mol. The van der Waals surface area contributed by atoms with Gasteiger partial charge in [-0.1, -0.05) is 46.1 Å². The Balaban J connectivity index is 0.00000121. The first kappa shape index (κ1) is 13.8. The minimum absolute atomic E-state index is 0. The summed E-state index contributed by atoms with van der Waals surface area (Å²) in [4.78, 5) is 0. The van der Waals surface area contributed by atoms with E-state index in [2.05, 4.69) is 27.7 Å². The third-order valence-electron chi connectivity index (χ3n) is 1.89. The van der Waals surface area contributed by atoms with E-state index in [0.717, 1.165) is 18.3 Å². The van der Waals surface area contributed by atoms with Crippen LogP contribution in [0.2, 0.25) is 0 Å². The Morgan fingerprint density at radius 1 is 1.17 bits per heavy atom. The predicted molar refractivity (Wildman–Crippen MR) is 47.0 cm³/mol. The van der Waals surface area contributed by atoms with Crippen molar-refractivity contribution in [2.75, 3.05) is 0 Å². The van der Waals surface area contributed by atoms with Crippen LogP contribution >= 0.6 is 0 Å². The van der Waals surface area contributed by atoms with Crippen LogP contribution in [-0.2, 0) is 4.74 Å². The number of rotatable bonds is 4. The van der Waals surface area contributed by atoms with E-state index >= 15 is 0 Å². The second-order valence-corrected chi connectivity index (χ2v) is 4.30. The Hall–Kier alpha value is 1.77. The van der Waals surface area contributed by atoms with E-state index in [-0.39, 0.29) is 58.2 Å². The van der Waals surface area contributed by atoms with Crippen molar-refractivity contribution in [3.63, 3.8) is 0 Å². The Bertz CT molecular complexity index is 109. The Kier molecular flexibility index (Phi) is 7.21. The van der Waals surface area contributed by atoms with Gasteiger partial charge in [0, 0.05) is 0 Å². The molecular weight excluding hydrogens is 222 g/mol. The van der Waals surface area contributed by atoms with E-state index in [4.69, 9.17) is 4.74 Å². The van der Waals surface area contributed by atoms with Gasteiger partial charge in [0.05, 0.1) is 0 Å². The van der Waals surface area contributed by atoms with Crippen LogP contribution in [0.1, 0.15) is 40.5 Å². The first-order chi connectivity index (χ1) is 5.09. The summed E-state index contributed by atoms with van der Waals surface area (Å²) in [6.07, 6.45) is 4.23. The summed E-state index contributed by atoms with van der Waals surface area (Å²) >= 11 is 0. The Labute approximate surface area is 125 Å². The molecule has 2 heteroatoms. The summed E-state index contributed by atoms with van der Waals surface area (Å²) in [6.45, 7) is 8.96. The molecule has 0 aliphatic carbocycles. The summed E-state index contributed by atoms with van der Waals surface area (Å²) in [5.41, 5.74) is 0. The van der Waals surface area contributed by atoms with E-state index in [1.165, 1.54) is 12.5 Å². The van der Waals surface area contributed by atoms with Crippen LogP contribution < -0.4 is 58.2 Å². The van der Waals surface area contributed by atoms with Crippen LogP contribution in [0.3, 0.4) is 0 Å². The molecule has 1 unspecified atom stereocenters. The predicted octanol–water partition coefficient (Wildman–Crippen LogP) is 0.0134. The normalized spacial score (nSPS) is 23.0. The van der Waals surface area contributed by atoms with Gasteiger partial charge in [-0.05, 0) is 5.92 Å². The first-order valence-corrected chi connectivity index (χ1v) is 4.62. The summed E-state index contributed by atoms with van der Waals surface area (Å²) in [7, 11) is 0. The molecular formula is C10H19ORb. The molecule has 1 saturated heterocycles. The van der Waals surface area contributed by atoms with Crippen LogP contribution in [0.5, 0.6) is 0 Å². The molecule has 0 bridgehead atoms. The van der Waals surface area contributed by atoms with Crippen LogP contribution in [-0.4, -0.2) is 6.10 Å². The summed E-state index contributed by atoms with van der Waals surface area (Å²) in [5, 5.41) is 0. The molecule has 0 spiro atoms. The maximum atomic E-state index is 5.46. The number of hydrogen-bond donors (Lipinski definition) is 0. The summed E-state index contributed by atoms with van der Waals surface area (Å²) < 4.78 is 5.46. The molecule has 1 atom stereocenters. The summed E-state index contributed by atoms with van der Waals surface area (Å²) in [6, 6.07) is 0. The third-order valence-corrected chi connectivity index (χ3v) is 1.89. The zero-order chi connectivity index (χ0) is 8.43. The molecule has 66 valence electrons. The smallest absolute Gasteiger partial charge is 0.567 e. The number of ether oxygens (including phenoxy) is 1. The van der Waals surface area contributed by atoms with E-state index in [1.807, 2.05) is 0 Å². The maximum Gasteiger partial charge on any atom is 1.00 e. The van der Waals surface area contributed by atoms with Crippen LogP contribution in [0, 0.1) is 17.9 Å². The molecule has 0 amide bonds. The molecule has 12 heavy (non-hydrogen) atoms. The topological polar surface area (TPSA) is 12.5 Å². The zero-order valence-electron chi connectivity index (χ0n) is 9.05. The Morgan fingerprint density at radius 2 is 1.75 bits per heavy atom. The quantitative estimate of drug-likeness (QED) is 0.499. The van der Waals surface area contributed by atoms with Crippen molar-refractivity contribution in [3.8, 4) is 0 Å². The molecule has 0 N–H and O–H groups in total. The molecule has 0 saturated carbocycles. The van der Waals surface area contributed by atoms with E-state index in [0.29, 0.717) is 6.10 Å². The van der Waals surface area contributed by atoms with Gasteiger partial charge in [-0.15, -0.1) is 6.42 Å². The molecule has 1 fully saturated rings. The maximum absolute atomic E-state index is 5.46. The van der Waals surface area contributed by atoms with E-state index < -0.39 is 0 Å². The van der Waals surface area contributed by atoms with Crippen LogP contribution in [0.4, 0.5) is 0 Å². The van der Waals surface area contributed by atoms with Gasteiger partial charge in [0.1, 0.15) is 0 Å². The van der Waals surface area contributed by atoms with Crippen molar-refractivity contribution in [2.24, 2.45) is 11.8 Å². The molecule has 1 heterocycles. The standard InChI is InChI=1S/C10H19O.Rb/c1-7(2)5-9-10(11-9)6-8(3)4;/h7-9H,5-6H2,1-4H3;/q-1;+1. The molecule has 1 aliphatic heterocycles. The van der Waals surface area contributed by atoms with Gasteiger partial charge in [0.15, 0.2) is 0 Å². The molecule has 1 nitrogen and oxygen atoms in total. The fourth-order valence-corrected chi connectivity index (χ4v) is 1.34. The van der Waals surface area contributed by atoms with Crippen molar-refractivity contribution < 1.29 is 62.9 Å². The molecule has 0 aromatic heterocycles. The molecule has 0 aromatic rings. The number of epoxide rings is 1. The van der Waals surface area contributed by atoms with Gasteiger partial charge >= 0.3 is 58.2 Å². The largest absolute Gasteiger partial charge is 1.00 e. The van der Waals surface area contributed by atoms with Crippen molar-refractivity contribution in [1.29, 1.82) is 0 Å². The summed E-state index contributed by atoms with van der Waals surface area (Å²) in [5.74, 6) is 1.52. The van der Waals surface area contributed by atoms with Gasteiger partial charge in [-0.2, -0.15) is 6.10 Å². The van der Waals surface area contributed by atoms with Crippen LogP contribution in [0.15, 0.2) is 0 Å². The van der Waals surface area contributed by atoms with Gasteiger partial charge < -0.3 is 4.74 Å². The second-order valence-electron chi connectivity index (χ2n) is 4.30. The first-order valence-electron chi connectivity index (χ1n) is 4.62. The van der Waals surface area contributed by atoms with Crippen LogP contribution in [0.25, 0.3) is 0 Å². The third kappa shape index (κ3) is 5.49. The van der Waals surface area contributed by atoms with E-state index in [9.17, 15) is 0 Å². The molecule has 0 radical (unpaired) electrons. The van der Waals surface area contributed by atoms with Crippen molar-refractivity contribution in [2.45, 2.75) is 46.6 Å². The SMILES string of the molecule is CC(C)C[C-]1OC1CC(C)C.[Rb+]. The van der Waals surface area contributed by atoms with Gasteiger partial charge in [0.2, 0.25) is 0 Å². The molecule has 1 rings (SSSR count). The van der Waals surface area contributed by atoms with Crippen molar-refractivity contribution in [1.82, 2.24) is 0 Å². The van der Waals surface area contributed by atoms with E-state index in [1.54, 1.807) is 0 Å². The molecule has 0 aromatic carbocycles. The van der Waals surface area contributed by atoms with Gasteiger partial charge in [-0.25, -0.2) is 0 Å². The van der Waals surface area contributed by atoms with Crippen molar-refractivity contribution in [3.05, 3.63) is 6.10 Å². The fraction of sp³-hybridized carbons (Fsp3) is 0.900. The average Bonchev–Trinajstić information content (AvgIpc) is 2.43. The number of hydrogen-bond acceptors (Lipinski definition) is 1. The van der Waals surface area contributed by atoms with Gasteiger partial charge in [-0.3, -0.25) is 0 Å². The fourth-order valence-electron chi connectivity index (χ4n) is 1.34. The van der Waals surface area contributed by atoms with Crippen molar-refractivity contribution >= 4 is 0 Å². The minimum Gasteiger partial charge on any atom is -0.567 e. The second kappa shape index (κ2) is 6.29. The molecule has 1 aliphatic rings. The minimum atomic E-state index is 0. The van der Waals surface area contributed by atoms with Gasteiger partial charge in [0.25, 0.3) is 0 Å². The monoisotopic (exact) mass is 240 g/mol. The Morgan fingerprint density at radius 3 is 2.17 bits per heavy atom.